The zero-order chi connectivity index (χ0) is 11.5. The zero-order valence-corrected chi connectivity index (χ0v) is 9.15. The van der Waals surface area contributed by atoms with Crippen LogP contribution in [0, 0.1) is 0 Å². The van der Waals surface area contributed by atoms with Gasteiger partial charge in [-0.25, -0.2) is 4.79 Å². The largest absolute Gasteiger partial charge is 0.497 e. The first kappa shape index (κ1) is 10.5. The highest BCUT2D eigenvalue weighted by molar-refractivity contribution is 5.84. The van der Waals surface area contributed by atoms with Crippen LogP contribution in [-0.4, -0.2) is 13.7 Å². The molecule has 0 atom stereocenters. The summed E-state index contributed by atoms with van der Waals surface area (Å²) in [4.78, 5) is 11.3. The minimum atomic E-state index is -0.427. The van der Waals surface area contributed by atoms with Crippen molar-refractivity contribution in [2.45, 2.75) is 6.92 Å². The van der Waals surface area contributed by atoms with Crippen molar-refractivity contribution in [1.82, 2.24) is 0 Å². The van der Waals surface area contributed by atoms with Gasteiger partial charge in [0.2, 0.25) is 0 Å². The minimum Gasteiger partial charge on any atom is -0.497 e. The summed E-state index contributed by atoms with van der Waals surface area (Å²) in [5.74, 6) is 1.18. The lowest BCUT2D eigenvalue weighted by Crippen LogP contribution is -2.01. The maximum atomic E-state index is 11.3. The van der Waals surface area contributed by atoms with Gasteiger partial charge in [0.1, 0.15) is 17.1 Å². The molecule has 1 aromatic heterocycles. The summed E-state index contributed by atoms with van der Waals surface area (Å²) in [6.45, 7) is 2.37. The molecule has 0 saturated heterocycles. The Balaban J connectivity index is 2.68. The topological polar surface area (TPSA) is 48.7 Å². The second-order valence-corrected chi connectivity index (χ2v) is 3.22. The van der Waals surface area contributed by atoms with Crippen molar-refractivity contribution in [3.8, 4) is 11.5 Å². The van der Waals surface area contributed by atoms with Gasteiger partial charge in [-0.2, -0.15) is 0 Å². The van der Waals surface area contributed by atoms with Crippen LogP contribution in [-0.2, 0) is 0 Å². The van der Waals surface area contributed by atoms with Crippen LogP contribution in [0.2, 0.25) is 0 Å². The molecule has 0 fully saturated rings. The monoisotopic (exact) mass is 220 g/mol. The van der Waals surface area contributed by atoms with E-state index in [4.69, 9.17) is 13.9 Å². The third-order valence-electron chi connectivity index (χ3n) is 2.21. The van der Waals surface area contributed by atoms with Gasteiger partial charge in [0.15, 0.2) is 0 Å². The molecule has 1 heterocycles. The Morgan fingerprint density at radius 2 is 2.12 bits per heavy atom. The van der Waals surface area contributed by atoms with Crippen molar-refractivity contribution in [3.05, 3.63) is 34.7 Å². The van der Waals surface area contributed by atoms with Crippen molar-refractivity contribution in [2.24, 2.45) is 0 Å². The lowest BCUT2D eigenvalue weighted by atomic mass is 10.2. The molecule has 0 aliphatic rings. The van der Waals surface area contributed by atoms with E-state index < -0.39 is 5.63 Å². The molecule has 0 unspecified atom stereocenters. The molecule has 16 heavy (non-hydrogen) atoms. The highest BCUT2D eigenvalue weighted by atomic mass is 16.5. The molecule has 84 valence electrons. The van der Waals surface area contributed by atoms with E-state index in [1.807, 2.05) is 13.0 Å². The number of fused-ring (bicyclic) bond motifs is 1. The average Bonchev–Trinajstić information content (AvgIpc) is 2.28. The van der Waals surface area contributed by atoms with Gasteiger partial charge in [-0.05, 0) is 19.1 Å². The van der Waals surface area contributed by atoms with Gasteiger partial charge >= 0.3 is 5.63 Å². The Bertz CT molecular complexity index is 556. The second kappa shape index (κ2) is 4.26. The van der Waals surface area contributed by atoms with Crippen LogP contribution in [0.3, 0.4) is 0 Å². The number of ether oxygens (including phenoxy) is 2. The summed E-state index contributed by atoms with van der Waals surface area (Å²) in [6, 6.07) is 6.62. The lowest BCUT2D eigenvalue weighted by Gasteiger charge is -2.06. The molecule has 0 spiro atoms. The number of rotatable bonds is 3. The van der Waals surface area contributed by atoms with Gasteiger partial charge in [0.05, 0.1) is 25.2 Å². The summed E-state index contributed by atoms with van der Waals surface area (Å²) in [7, 11) is 1.56. The maximum Gasteiger partial charge on any atom is 0.339 e. The van der Waals surface area contributed by atoms with Crippen molar-refractivity contribution in [2.75, 3.05) is 13.7 Å². The number of hydrogen-bond donors (Lipinski definition) is 0. The quantitative estimate of drug-likeness (QED) is 0.744. The van der Waals surface area contributed by atoms with Crippen molar-refractivity contribution in [1.29, 1.82) is 0 Å². The molecule has 0 radical (unpaired) electrons. The molecule has 0 bridgehead atoms. The molecule has 4 heteroatoms. The van der Waals surface area contributed by atoms with Crippen LogP contribution >= 0.6 is 0 Å². The Hall–Kier alpha value is -1.97. The number of hydrogen-bond acceptors (Lipinski definition) is 4. The number of benzene rings is 1. The van der Waals surface area contributed by atoms with Gasteiger partial charge < -0.3 is 13.9 Å². The van der Waals surface area contributed by atoms with Crippen LogP contribution in [0.4, 0.5) is 0 Å². The molecular formula is C12H12O4. The predicted octanol–water partition coefficient (Wildman–Crippen LogP) is 2.20. The highest BCUT2D eigenvalue weighted by Gasteiger charge is 2.07. The van der Waals surface area contributed by atoms with E-state index in [0.717, 1.165) is 5.39 Å². The molecule has 0 amide bonds. The Morgan fingerprint density at radius 1 is 1.31 bits per heavy atom. The zero-order valence-electron chi connectivity index (χ0n) is 9.15. The molecule has 1 aromatic carbocycles. The molecule has 0 aliphatic heterocycles. The van der Waals surface area contributed by atoms with Crippen molar-refractivity contribution in [3.63, 3.8) is 0 Å². The molecule has 0 N–H and O–H groups in total. The Morgan fingerprint density at radius 3 is 2.81 bits per heavy atom. The average molecular weight is 220 g/mol. The van der Waals surface area contributed by atoms with Crippen LogP contribution in [0.5, 0.6) is 11.5 Å². The fourth-order valence-electron chi connectivity index (χ4n) is 1.52. The standard InChI is InChI=1S/C12H12O4/c1-3-15-10-7-12(13)16-11-6-8(14-2)4-5-9(10)11/h4-7H,3H2,1-2H3. The van der Waals surface area contributed by atoms with E-state index in [1.165, 1.54) is 6.07 Å². The summed E-state index contributed by atoms with van der Waals surface area (Å²) >= 11 is 0. The van der Waals surface area contributed by atoms with Crippen molar-refractivity contribution >= 4 is 11.0 Å². The van der Waals surface area contributed by atoms with E-state index in [1.54, 1.807) is 19.2 Å². The van der Waals surface area contributed by atoms with Gasteiger partial charge in [0.25, 0.3) is 0 Å². The summed E-state index contributed by atoms with van der Waals surface area (Å²) < 4.78 is 15.5. The van der Waals surface area contributed by atoms with Crippen LogP contribution in [0.1, 0.15) is 6.92 Å². The Labute approximate surface area is 92.4 Å². The summed E-state index contributed by atoms with van der Waals surface area (Å²) in [6.07, 6.45) is 0. The molecule has 4 nitrogen and oxygen atoms in total. The third-order valence-corrected chi connectivity index (χ3v) is 2.21. The fourth-order valence-corrected chi connectivity index (χ4v) is 1.52. The Kier molecular flexibility index (Phi) is 2.81. The van der Waals surface area contributed by atoms with Crippen molar-refractivity contribution < 1.29 is 13.9 Å². The molecule has 2 rings (SSSR count). The second-order valence-electron chi connectivity index (χ2n) is 3.22. The SMILES string of the molecule is CCOc1cc(=O)oc2cc(OC)ccc12. The van der Waals surface area contributed by atoms with Crippen LogP contribution < -0.4 is 15.1 Å². The molecule has 0 aliphatic carbocycles. The first-order valence-corrected chi connectivity index (χ1v) is 4.99. The number of methoxy groups -OCH3 is 1. The van der Waals surface area contributed by atoms with Crippen LogP contribution in [0.15, 0.2) is 33.5 Å². The fraction of sp³-hybridized carbons (Fsp3) is 0.250. The lowest BCUT2D eigenvalue weighted by molar-refractivity contribution is 0.341. The van der Waals surface area contributed by atoms with E-state index >= 15 is 0 Å². The maximum absolute atomic E-state index is 11.3. The van der Waals surface area contributed by atoms with Crippen LogP contribution in [0.25, 0.3) is 11.0 Å². The molecule has 2 aromatic rings. The van der Waals surface area contributed by atoms with Gasteiger partial charge in [0, 0.05) is 6.07 Å². The van der Waals surface area contributed by atoms with Gasteiger partial charge in [-0.15, -0.1) is 0 Å². The minimum absolute atomic E-state index is 0.427. The third kappa shape index (κ3) is 1.86. The van der Waals surface area contributed by atoms with E-state index in [2.05, 4.69) is 0 Å². The van der Waals surface area contributed by atoms with Gasteiger partial charge in [-0.3, -0.25) is 0 Å². The predicted molar refractivity (Wildman–Crippen MR) is 60.2 cm³/mol. The normalized spacial score (nSPS) is 10.4. The highest BCUT2D eigenvalue weighted by Crippen LogP contribution is 2.26. The molecular weight excluding hydrogens is 208 g/mol. The molecule has 0 saturated carbocycles. The first-order chi connectivity index (χ1) is 7.74. The summed E-state index contributed by atoms with van der Waals surface area (Å²) in [5, 5.41) is 0.766. The first-order valence-electron chi connectivity index (χ1n) is 4.99. The van der Waals surface area contributed by atoms with E-state index in [-0.39, 0.29) is 0 Å². The van der Waals surface area contributed by atoms with E-state index in [0.29, 0.717) is 23.7 Å². The smallest absolute Gasteiger partial charge is 0.339 e. The summed E-state index contributed by atoms with van der Waals surface area (Å²) in [5.41, 5.74) is 0.0412. The van der Waals surface area contributed by atoms with Gasteiger partial charge in [-0.1, -0.05) is 0 Å². The van der Waals surface area contributed by atoms with E-state index in [9.17, 15) is 4.79 Å².